The zero-order valence-corrected chi connectivity index (χ0v) is 11.3. The normalized spacial score (nSPS) is 12.8. The van der Waals surface area contributed by atoms with E-state index in [1.54, 1.807) is 0 Å². The molecule has 1 atom stereocenters. The molecule has 0 aliphatic heterocycles. The van der Waals surface area contributed by atoms with E-state index in [9.17, 15) is 0 Å². The smallest absolute Gasteiger partial charge is 0.105 e. The minimum Gasteiger partial charge on any atom is -0.466 e. The highest BCUT2D eigenvalue weighted by Gasteiger charge is 2.11. The number of hydrogen-bond acceptors (Lipinski definition) is 3. The Kier molecular flexibility index (Phi) is 4.20. The van der Waals surface area contributed by atoms with E-state index in [4.69, 9.17) is 4.42 Å². The highest BCUT2D eigenvalue weighted by molar-refractivity contribution is 5.23. The summed E-state index contributed by atoms with van der Waals surface area (Å²) in [6.45, 7) is 8.11. The third-order valence-electron chi connectivity index (χ3n) is 3.12. The van der Waals surface area contributed by atoms with Gasteiger partial charge in [0, 0.05) is 30.5 Å². The molecule has 0 fully saturated rings. The number of aromatic nitrogens is 2. The first-order chi connectivity index (χ1) is 8.66. The third-order valence-corrected chi connectivity index (χ3v) is 3.12. The van der Waals surface area contributed by atoms with Crippen LogP contribution in [0.25, 0.3) is 0 Å². The van der Waals surface area contributed by atoms with Gasteiger partial charge < -0.3 is 9.73 Å². The summed E-state index contributed by atoms with van der Waals surface area (Å²) in [5, 5.41) is 7.70. The minimum atomic E-state index is 0.333. The van der Waals surface area contributed by atoms with Gasteiger partial charge in [0.15, 0.2) is 0 Å². The van der Waals surface area contributed by atoms with Crippen LogP contribution in [0.1, 0.15) is 36.5 Å². The Morgan fingerprint density at radius 1 is 1.44 bits per heavy atom. The molecule has 0 spiro atoms. The van der Waals surface area contributed by atoms with Crippen molar-refractivity contribution < 1.29 is 4.42 Å². The fraction of sp³-hybridized carbons (Fsp3) is 0.500. The fourth-order valence-corrected chi connectivity index (χ4v) is 2.18. The summed E-state index contributed by atoms with van der Waals surface area (Å²) in [6.07, 6.45) is 4.88. The molecule has 0 aliphatic rings. The second kappa shape index (κ2) is 5.87. The standard InChI is InChI=1S/C14H21N3O/c1-11-10-14(13(3)18-11)12(2)15-6-4-8-17-9-5-7-16-17/h5,7,9-10,12,15H,4,6,8H2,1-3H3. The van der Waals surface area contributed by atoms with Crippen molar-refractivity contribution in [1.82, 2.24) is 15.1 Å². The second-order valence-corrected chi connectivity index (χ2v) is 4.67. The van der Waals surface area contributed by atoms with Crippen LogP contribution in [0.3, 0.4) is 0 Å². The highest BCUT2D eigenvalue weighted by atomic mass is 16.3. The van der Waals surface area contributed by atoms with E-state index in [2.05, 4.69) is 23.4 Å². The lowest BCUT2D eigenvalue weighted by atomic mass is 10.1. The predicted molar refractivity (Wildman–Crippen MR) is 71.4 cm³/mol. The molecule has 2 aromatic rings. The SMILES string of the molecule is Cc1cc(C(C)NCCCn2cccn2)c(C)o1. The van der Waals surface area contributed by atoms with Gasteiger partial charge in [-0.2, -0.15) is 5.10 Å². The number of hydrogen-bond donors (Lipinski definition) is 1. The largest absolute Gasteiger partial charge is 0.466 e. The van der Waals surface area contributed by atoms with Gasteiger partial charge in [0.1, 0.15) is 11.5 Å². The minimum absolute atomic E-state index is 0.333. The average molecular weight is 247 g/mol. The molecule has 18 heavy (non-hydrogen) atoms. The van der Waals surface area contributed by atoms with Crippen molar-refractivity contribution in [2.24, 2.45) is 0 Å². The summed E-state index contributed by atoms with van der Waals surface area (Å²) in [5.74, 6) is 1.99. The first-order valence-corrected chi connectivity index (χ1v) is 6.44. The molecule has 0 aromatic carbocycles. The van der Waals surface area contributed by atoms with Crippen LogP contribution in [0, 0.1) is 13.8 Å². The molecule has 4 nitrogen and oxygen atoms in total. The fourth-order valence-electron chi connectivity index (χ4n) is 2.18. The van der Waals surface area contributed by atoms with Crippen LogP contribution in [0.5, 0.6) is 0 Å². The Morgan fingerprint density at radius 3 is 2.89 bits per heavy atom. The van der Waals surface area contributed by atoms with E-state index in [0.717, 1.165) is 31.0 Å². The van der Waals surface area contributed by atoms with Crippen molar-refractivity contribution in [2.75, 3.05) is 6.54 Å². The van der Waals surface area contributed by atoms with Crippen LogP contribution >= 0.6 is 0 Å². The maximum absolute atomic E-state index is 5.55. The van der Waals surface area contributed by atoms with Crippen molar-refractivity contribution in [3.05, 3.63) is 41.6 Å². The van der Waals surface area contributed by atoms with Crippen LogP contribution in [0.2, 0.25) is 0 Å². The summed E-state index contributed by atoms with van der Waals surface area (Å²) in [5.41, 5.74) is 1.26. The molecule has 2 heterocycles. The maximum Gasteiger partial charge on any atom is 0.105 e. The van der Waals surface area contributed by atoms with Crippen molar-refractivity contribution in [3.63, 3.8) is 0 Å². The van der Waals surface area contributed by atoms with Gasteiger partial charge >= 0.3 is 0 Å². The van der Waals surface area contributed by atoms with Crippen LogP contribution < -0.4 is 5.32 Å². The van der Waals surface area contributed by atoms with E-state index < -0.39 is 0 Å². The van der Waals surface area contributed by atoms with Crippen molar-refractivity contribution in [3.8, 4) is 0 Å². The predicted octanol–water partition coefficient (Wildman–Crippen LogP) is 2.83. The van der Waals surface area contributed by atoms with E-state index in [0.29, 0.717) is 6.04 Å². The van der Waals surface area contributed by atoms with Crippen LogP contribution in [0.15, 0.2) is 28.9 Å². The molecule has 0 bridgehead atoms. The molecule has 0 amide bonds. The summed E-state index contributed by atoms with van der Waals surface area (Å²) in [4.78, 5) is 0. The van der Waals surface area contributed by atoms with E-state index in [1.165, 1.54) is 5.56 Å². The summed E-state index contributed by atoms with van der Waals surface area (Å²) in [7, 11) is 0. The number of rotatable bonds is 6. The number of nitrogens with one attached hydrogen (secondary N) is 1. The molecular weight excluding hydrogens is 226 g/mol. The zero-order chi connectivity index (χ0) is 13.0. The zero-order valence-electron chi connectivity index (χ0n) is 11.3. The third kappa shape index (κ3) is 3.23. The molecular formula is C14H21N3O. The monoisotopic (exact) mass is 247 g/mol. The summed E-state index contributed by atoms with van der Waals surface area (Å²) < 4.78 is 7.50. The van der Waals surface area contributed by atoms with E-state index >= 15 is 0 Å². The molecule has 0 saturated heterocycles. The highest BCUT2D eigenvalue weighted by Crippen LogP contribution is 2.20. The van der Waals surface area contributed by atoms with Gasteiger partial charge in [0.05, 0.1) is 0 Å². The maximum atomic E-state index is 5.55. The van der Waals surface area contributed by atoms with Gasteiger partial charge in [-0.1, -0.05) is 0 Å². The molecule has 0 aliphatic carbocycles. The summed E-state index contributed by atoms with van der Waals surface area (Å²) >= 11 is 0. The lowest BCUT2D eigenvalue weighted by Gasteiger charge is -2.12. The topological polar surface area (TPSA) is 43.0 Å². The van der Waals surface area contributed by atoms with Gasteiger partial charge in [-0.15, -0.1) is 0 Å². The van der Waals surface area contributed by atoms with Crippen molar-refractivity contribution in [2.45, 2.75) is 39.8 Å². The van der Waals surface area contributed by atoms with Gasteiger partial charge in [-0.25, -0.2) is 0 Å². The molecule has 1 N–H and O–H groups in total. The molecule has 4 heteroatoms. The lowest BCUT2D eigenvalue weighted by Crippen LogP contribution is -2.21. The van der Waals surface area contributed by atoms with Gasteiger partial charge in [0.25, 0.3) is 0 Å². The molecule has 0 radical (unpaired) electrons. The van der Waals surface area contributed by atoms with Crippen LogP contribution in [-0.2, 0) is 6.54 Å². The first-order valence-electron chi connectivity index (χ1n) is 6.44. The van der Waals surface area contributed by atoms with Crippen LogP contribution in [-0.4, -0.2) is 16.3 Å². The molecule has 98 valence electrons. The quantitative estimate of drug-likeness (QED) is 0.798. The van der Waals surface area contributed by atoms with E-state index in [1.807, 2.05) is 37.0 Å². The Balaban J connectivity index is 1.75. The molecule has 0 saturated carbocycles. The Morgan fingerprint density at radius 2 is 2.28 bits per heavy atom. The van der Waals surface area contributed by atoms with E-state index in [-0.39, 0.29) is 0 Å². The molecule has 1 unspecified atom stereocenters. The average Bonchev–Trinajstić information content (AvgIpc) is 2.94. The van der Waals surface area contributed by atoms with Crippen LogP contribution in [0.4, 0.5) is 0 Å². The van der Waals surface area contributed by atoms with Crippen molar-refractivity contribution in [1.29, 1.82) is 0 Å². The Hall–Kier alpha value is -1.55. The summed E-state index contributed by atoms with van der Waals surface area (Å²) in [6, 6.07) is 4.40. The molecule has 2 rings (SSSR count). The van der Waals surface area contributed by atoms with Gasteiger partial charge in [-0.3, -0.25) is 4.68 Å². The van der Waals surface area contributed by atoms with Gasteiger partial charge in [-0.05, 0) is 45.9 Å². The number of furan rings is 1. The number of nitrogens with zero attached hydrogens (tertiary/aromatic N) is 2. The lowest BCUT2D eigenvalue weighted by molar-refractivity contribution is 0.480. The number of aryl methyl sites for hydroxylation is 3. The van der Waals surface area contributed by atoms with Gasteiger partial charge in [0.2, 0.25) is 0 Å². The first kappa shape index (κ1) is 12.9. The second-order valence-electron chi connectivity index (χ2n) is 4.67. The Labute approximate surface area is 108 Å². The Bertz CT molecular complexity index is 473. The van der Waals surface area contributed by atoms with Crippen molar-refractivity contribution >= 4 is 0 Å². The molecule has 2 aromatic heterocycles.